The Morgan fingerprint density at radius 3 is 2.61 bits per heavy atom. The number of hydrogen-bond acceptors (Lipinski definition) is 4. The molecule has 6 nitrogen and oxygen atoms in total. The van der Waals surface area contributed by atoms with Crippen molar-refractivity contribution in [1.82, 2.24) is 4.90 Å². The largest absolute Gasteiger partial charge is 0.491 e. The second-order valence-corrected chi connectivity index (χ2v) is 8.45. The number of fused-ring (bicyclic) bond motifs is 1. The van der Waals surface area contributed by atoms with Crippen molar-refractivity contribution in [3.05, 3.63) is 77.9 Å². The molecule has 1 N–H and O–H groups in total. The minimum Gasteiger partial charge on any atom is -0.491 e. The van der Waals surface area contributed by atoms with Gasteiger partial charge in [0.25, 0.3) is 0 Å². The van der Waals surface area contributed by atoms with Crippen molar-refractivity contribution in [1.29, 1.82) is 5.26 Å². The van der Waals surface area contributed by atoms with Crippen LogP contribution in [0.5, 0.6) is 5.75 Å². The molecule has 0 unspecified atom stereocenters. The van der Waals surface area contributed by atoms with Gasteiger partial charge in [-0.1, -0.05) is 42.5 Å². The molecular formula is C27H26N2O4. The zero-order chi connectivity index (χ0) is 23.2. The number of likely N-dealkylation sites (tertiary alicyclic amines) is 1. The molecule has 0 saturated carbocycles. The van der Waals surface area contributed by atoms with Crippen LogP contribution < -0.4 is 4.74 Å². The van der Waals surface area contributed by atoms with Crippen molar-refractivity contribution >= 4 is 22.6 Å². The summed E-state index contributed by atoms with van der Waals surface area (Å²) in [5.41, 5.74) is 1.83. The number of ether oxygens (including phenoxy) is 1. The Morgan fingerprint density at radius 1 is 1.09 bits per heavy atom. The van der Waals surface area contributed by atoms with Crippen LogP contribution in [0.2, 0.25) is 0 Å². The molecule has 4 rings (SSSR count). The van der Waals surface area contributed by atoms with Gasteiger partial charge in [0, 0.05) is 6.54 Å². The van der Waals surface area contributed by atoms with Crippen LogP contribution in [0.15, 0.2) is 66.7 Å². The molecule has 1 amide bonds. The van der Waals surface area contributed by atoms with E-state index in [2.05, 4.69) is 18.2 Å². The lowest BCUT2D eigenvalue weighted by Gasteiger charge is -2.25. The summed E-state index contributed by atoms with van der Waals surface area (Å²) in [4.78, 5) is 26.0. The fourth-order valence-electron chi connectivity index (χ4n) is 4.48. The number of aryl methyl sites for hydroxylation is 1. The first-order valence-corrected chi connectivity index (χ1v) is 11.2. The Labute approximate surface area is 193 Å². The molecule has 3 aromatic carbocycles. The topological polar surface area (TPSA) is 90.6 Å². The van der Waals surface area contributed by atoms with Crippen molar-refractivity contribution in [2.75, 3.05) is 13.2 Å². The van der Waals surface area contributed by atoms with Gasteiger partial charge in [0.05, 0.1) is 30.0 Å². The molecule has 1 fully saturated rings. The quantitative estimate of drug-likeness (QED) is 0.530. The van der Waals surface area contributed by atoms with Gasteiger partial charge in [0.15, 0.2) is 0 Å². The number of benzene rings is 3. The van der Waals surface area contributed by atoms with Crippen molar-refractivity contribution in [3.8, 4) is 11.8 Å². The number of carbonyl (C=O) groups is 2. The van der Waals surface area contributed by atoms with Gasteiger partial charge in [-0.25, -0.2) is 0 Å². The van der Waals surface area contributed by atoms with Crippen LogP contribution in [0.25, 0.3) is 10.8 Å². The number of nitriles is 1. The van der Waals surface area contributed by atoms with Gasteiger partial charge >= 0.3 is 5.97 Å². The van der Waals surface area contributed by atoms with E-state index in [1.54, 1.807) is 11.0 Å². The SMILES string of the molecule is N#Cc1ccc2cc(OC[C@@H]3C[C@@H](CC(=O)O)C(=O)N3CCCc3ccccc3)ccc2c1. The van der Waals surface area contributed by atoms with E-state index in [9.17, 15) is 14.7 Å². The first kappa shape index (κ1) is 22.3. The van der Waals surface area contributed by atoms with E-state index in [1.165, 1.54) is 5.56 Å². The molecule has 3 aromatic rings. The maximum atomic E-state index is 12.9. The fourth-order valence-corrected chi connectivity index (χ4v) is 4.48. The van der Waals surface area contributed by atoms with Gasteiger partial charge in [0.2, 0.25) is 5.91 Å². The minimum absolute atomic E-state index is 0.0957. The summed E-state index contributed by atoms with van der Waals surface area (Å²) in [6, 6.07) is 23.3. The van der Waals surface area contributed by atoms with E-state index in [0.29, 0.717) is 30.9 Å². The molecule has 1 saturated heterocycles. The van der Waals surface area contributed by atoms with E-state index < -0.39 is 11.9 Å². The Hall–Kier alpha value is -3.85. The average molecular weight is 443 g/mol. The van der Waals surface area contributed by atoms with Crippen molar-refractivity contribution < 1.29 is 19.4 Å². The van der Waals surface area contributed by atoms with E-state index >= 15 is 0 Å². The normalized spacial score (nSPS) is 17.8. The molecule has 2 atom stereocenters. The highest BCUT2D eigenvalue weighted by atomic mass is 16.5. The van der Waals surface area contributed by atoms with E-state index in [4.69, 9.17) is 10.00 Å². The number of carboxylic acids is 1. The predicted octanol–water partition coefficient (Wildman–Crippen LogP) is 4.41. The number of carboxylic acid groups (broad SMARTS) is 1. The molecule has 0 bridgehead atoms. The zero-order valence-electron chi connectivity index (χ0n) is 18.3. The van der Waals surface area contributed by atoms with Gasteiger partial charge in [-0.05, 0) is 59.9 Å². The predicted molar refractivity (Wildman–Crippen MR) is 125 cm³/mol. The van der Waals surface area contributed by atoms with Crippen molar-refractivity contribution in [3.63, 3.8) is 0 Å². The number of amides is 1. The van der Waals surface area contributed by atoms with Crippen molar-refractivity contribution in [2.24, 2.45) is 5.92 Å². The van der Waals surface area contributed by atoms with Gasteiger partial charge < -0.3 is 14.7 Å². The summed E-state index contributed by atoms with van der Waals surface area (Å²) in [6.45, 7) is 0.890. The van der Waals surface area contributed by atoms with Crippen LogP contribution in [0.1, 0.15) is 30.4 Å². The lowest BCUT2D eigenvalue weighted by atomic mass is 10.0. The molecule has 0 aliphatic carbocycles. The fraction of sp³-hybridized carbons (Fsp3) is 0.296. The van der Waals surface area contributed by atoms with E-state index in [0.717, 1.165) is 23.6 Å². The number of carbonyl (C=O) groups excluding carboxylic acids is 1. The van der Waals surface area contributed by atoms with Gasteiger partial charge in [-0.2, -0.15) is 5.26 Å². The average Bonchev–Trinajstić information content (AvgIpc) is 3.11. The van der Waals surface area contributed by atoms with Crippen LogP contribution in [0.4, 0.5) is 0 Å². The highest BCUT2D eigenvalue weighted by molar-refractivity contribution is 5.86. The molecule has 0 radical (unpaired) electrons. The van der Waals surface area contributed by atoms with Gasteiger partial charge in [-0.15, -0.1) is 0 Å². The molecule has 0 aromatic heterocycles. The van der Waals surface area contributed by atoms with Crippen LogP contribution in [0.3, 0.4) is 0 Å². The molecule has 0 spiro atoms. The molecular weight excluding hydrogens is 416 g/mol. The Morgan fingerprint density at radius 2 is 1.85 bits per heavy atom. The van der Waals surface area contributed by atoms with Crippen LogP contribution >= 0.6 is 0 Å². The number of hydrogen-bond donors (Lipinski definition) is 1. The molecule has 6 heteroatoms. The molecule has 1 aliphatic rings. The Bertz CT molecular complexity index is 1190. The summed E-state index contributed by atoms with van der Waals surface area (Å²) in [7, 11) is 0. The molecule has 1 aliphatic heterocycles. The van der Waals surface area contributed by atoms with Crippen LogP contribution in [0, 0.1) is 17.2 Å². The van der Waals surface area contributed by atoms with E-state index in [1.807, 2.05) is 48.5 Å². The summed E-state index contributed by atoms with van der Waals surface area (Å²) in [5, 5.41) is 20.2. The lowest BCUT2D eigenvalue weighted by Crippen LogP contribution is -2.38. The molecule has 1 heterocycles. The lowest BCUT2D eigenvalue weighted by molar-refractivity contribution is -0.142. The van der Waals surface area contributed by atoms with Gasteiger partial charge in [-0.3, -0.25) is 9.59 Å². The van der Waals surface area contributed by atoms with Gasteiger partial charge in [0.1, 0.15) is 12.4 Å². The van der Waals surface area contributed by atoms with Crippen molar-refractivity contribution in [2.45, 2.75) is 31.7 Å². The minimum atomic E-state index is -0.953. The third kappa shape index (κ3) is 5.50. The number of aliphatic carboxylic acids is 1. The third-order valence-electron chi connectivity index (χ3n) is 6.14. The first-order valence-electron chi connectivity index (χ1n) is 11.2. The summed E-state index contributed by atoms with van der Waals surface area (Å²) < 4.78 is 6.04. The molecule has 168 valence electrons. The first-order chi connectivity index (χ1) is 16.0. The second kappa shape index (κ2) is 10.2. The monoisotopic (exact) mass is 442 g/mol. The second-order valence-electron chi connectivity index (χ2n) is 8.45. The van der Waals surface area contributed by atoms with E-state index in [-0.39, 0.29) is 18.4 Å². The standard InChI is InChI=1S/C27H26N2O4/c28-17-20-8-9-22-15-25(11-10-21(22)13-20)33-18-24-14-23(16-26(30)31)27(32)29(24)12-4-7-19-5-2-1-3-6-19/h1-3,5-6,8-11,13,15,23-24H,4,7,12,14,16,18H2,(H,30,31)/t23-,24-/m0/s1. The highest BCUT2D eigenvalue weighted by Gasteiger charge is 2.40. The Balaban J connectivity index is 1.42. The summed E-state index contributed by atoms with van der Waals surface area (Å²) in [5.74, 6) is -0.869. The summed E-state index contributed by atoms with van der Waals surface area (Å²) >= 11 is 0. The maximum absolute atomic E-state index is 12.9. The number of rotatable bonds is 9. The van der Waals surface area contributed by atoms with Crippen LogP contribution in [-0.2, 0) is 16.0 Å². The third-order valence-corrected chi connectivity index (χ3v) is 6.14. The molecule has 33 heavy (non-hydrogen) atoms. The summed E-state index contributed by atoms with van der Waals surface area (Å²) in [6.07, 6.45) is 2.00. The maximum Gasteiger partial charge on any atom is 0.304 e. The van der Waals surface area contributed by atoms with Crippen LogP contribution in [-0.4, -0.2) is 41.1 Å². The zero-order valence-corrected chi connectivity index (χ0v) is 18.3. The Kier molecular flexibility index (Phi) is 6.89. The number of nitrogens with zero attached hydrogens (tertiary/aromatic N) is 2. The smallest absolute Gasteiger partial charge is 0.304 e. The highest BCUT2D eigenvalue weighted by Crippen LogP contribution is 2.29.